The summed E-state index contributed by atoms with van der Waals surface area (Å²) in [6.07, 6.45) is 0.309. The van der Waals surface area contributed by atoms with Crippen LogP contribution >= 0.6 is 0 Å². The van der Waals surface area contributed by atoms with Crippen molar-refractivity contribution in [1.82, 2.24) is 10.6 Å². The van der Waals surface area contributed by atoms with Crippen molar-refractivity contribution in [3.63, 3.8) is 0 Å². The van der Waals surface area contributed by atoms with Crippen LogP contribution in [0.25, 0.3) is 0 Å². The van der Waals surface area contributed by atoms with Gasteiger partial charge in [0.1, 0.15) is 11.6 Å². The zero-order valence-corrected chi connectivity index (χ0v) is 19.4. The molecule has 0 aliphatic carbocycles. The number of aliphatic hydroxyl groups excluding tert-OH is 1. The molecule has 2 unspecified atom stereocenters. The van der Waals surface area contributed by atoms with Gasteiger partial charge in [0, 0.05) is 19.2 Å². The first kappa shape index (κ1) is 26.0. The summed E-state index contributed by atoms with van der Waals surface area (Å²) in [6, 6.07) is 16.7. The van der Waals surface area contributed by atoms with Crippen LogP contribution in [-0.4, -0.2) is 36.1 Å². The molecule has 0 aromatic heterocycles. The number of nitrogens with one attached hydrogen (secondary N) is 3. The molecule has 35 heavy (non-hydrogen) atoms. The number of halogens is 2. The summed E-state index contributed by atoms with van der Waals surface area (Å²) in [6.45, 7) is 2.71. The van der Waals surface area contributed by atoms with Gasteiger partial charge in [-0.2, -0.15) is 0 Å². The van der Waals surface area contributed by atoms with Gasteiger partial charge in [-0.3, -0.25) is 9.59 Å². The van der Waals surface area contributed by atoms with Gasteiger partial charge >= 0.3 is 0 Å². The van der Waals surface area contributed by atoms with E-state index in [0.717, 1.165) is 18.1 Å². The van der Waals surface area contributed by atoms with Crippen LogP contribution < -0.4 is 16.0 Å². The number of para-hydroxylation sites is 1. The molecule has 0 aliphatic heterocycles. The molecule has 0 bridgehead atoms. The van der Waals surface area contributed by atoms with E-state index in [1.54, 1.807) is 18.2 Å². The van der Waals surface area contributed by atoms with Gasteiger partial charge in [-0.25, -0.2) is 8.78 Å². The zero-order chi connectivity index (χ0) is 25.2. The molecule has 6 nitrogen and oxygen atoms in total. The molecule has 2 atom stereocenters. The number of carbonyl (C=O) groups excluding carboxylic acids is 2. The minimum atomic E-state index is -1.06. The van der Waals surface area contributed by atoms with Crippen LogP contribution in [0.1, 0.15) is 34.0 Å². The minimum absolute atomic E-state index is 0.00212. The topological polar surface area (TPSA) is 90.5 Å². The van der Waals surface area contributed by atoms with E-state index in [2.05, 4.69) is 28.9 Å². The van der Waals surface area contributed by atoms with E-state index in [0.29, 0.717) is 24.2 Å². The number of rotatable bonds is 12. The zero-order valence-electron chi connectivity index (χ0n) is 19.4. The summed E-state index contributed by atoms with van der Waals surface area (Å²) < 4.78 is 27.5. The third-order valence-corrected chi connectivity index (χ3v) is 5.63. The Hall–Kier alpha value is -3.62. The van der Waals surface area contributed by atoms with Gasteiger partial charge in [0.15, 0.2) is 0 Å². The molecular weight excluding hydrogens is 452 g/mol. The van der Waals surface area contributed by atoms with Crippen LogP contribution in [0.2, 0.25) is 0 Å². The lowest BCUT2D eigenvalue weighted by molar-refractivity contribution is -0.105. The van der Waals surface area contributed by atoms with Crippen LogP contribution in [0.3, 0.4) is 0 Å². The molecule has 0 saturated heterocycles. The maximum Gasteiger partial charge on any atom is 0.253 e. The number of anilines is 1. The molecule has 0 spiro atoms. The largest absolute Gasteiger partial charge is 0.390 e. The van der Waals surface area contributed by atoms with Crippen molar-refractivity contribution in [3.8, 4) is 0 Å². The molecule has 0 aliphatic rings. The fraction of sp³-hybridized carbons (Fsp3) is 0.259. The summed E-state index contributed by atoms with van der Waals surface area (Å²) in [5.41, 5.74) is 3.05. The molecular formula is C27H29F2N3O3. The Morgan fingerprint density at radius 3 is 2.40 bits per heavy atom. The molecule has 0 radical (unpaired) electrons. The van der Waals surface area contributed by atoms with Crippen molar-refractivity contribution < 1.29 is 23.5 Å². The normalized spacial score (nSPS) is 12.6. The summed E-state index contributed by atoms with van der Waals surface area (Å²) >= 11 is 0. The van der Waals surface area contributed by atoms with E-state index >= 15 is 0 Å². The lowest BCUT2D eigenvalue weighted by atomic mass is 9.99. The van der Waals surface area contributed by atoms with E-state index in [4.69, 9.17) is 0 Å². The molecule has 8 heteroatoms. The molecule has 2 amide bonds. The molecule has 0 fully saturated rings. The lowest BCUT2D eigenvalue weighted by Crippen LogP contribution is -2.48. The summed E-state index contributed by atoms with van der Waals surface area (Å²) in [7, 11) is 0. The summed E-state index contributed by atoms with van der Waals surface area (Å²) in [5, 5.41) is 19.3. The molecule has 3 aromatic rings. The Bertz CT molecular complexity index is 1140. The highest BCUT2D eigenvalue weighted by Crippen LogP contribution is 2.16. The second-order valence-electron chi connectivity index (χ2n) is 8.24. The highest BCUT2D eigenvalue weighted by atomic mass is 19.1. The average Bonchev–Trinajstić information content (AvgIpc) is 2.83. The van der Waals surface area contributed by atoms with Crippen LogP contribution in [0.15, 0.2) is 66.7 Å². The third kappa shape index (κ3) is 7.70. The van der Waals surface area contributed by atoms with E-state index < -0.39 is 29.7 Å². The van der Waals surface area contributed by atoms with Crippen molar-refractivity contribution in [2.24, 2.45) is 0 Å². The first-order chi connectivity index (χ1) is 16.9. The van der Waals surface area contributed by atoms with Crippen molar-refractivity contribution in [3.05, 3.63) is 101 Å². The second kappa shape index (κ2) is 12.7. The van der Waals surface area contributed by atoms with Gasteiger partial charge in [0.2, 0.25) is 6.41 Å². The van der Waals surface area contributed by atoms with Crippen LogP contribution in [0.5, 0.6) is 0 Å². The third-order valence-electron chi connectivity index (χ3n) is 5.63. The van der Waals surface area contributed by atoms with Gasteiger partial charge in [0.05, 0.1) is 23.4 Å². The maximum absolute atomic E-state index is 13.8. The maximum atomic E-state index is 13.8. The molecule has 184 valence electrons. The SMILES string of the molecule is CCc1cccc(CNCC(O)C(Cc2cc(F)cc(F)c2)NC(=O)c2ccccc2NC=O)c1. The number of aliphatic hydroxyl groups is 1. The number of benzene rings is 3. The Balaban J connectivity index is 1.75. The Labute approximate surface area is 203 Å². The van der Waals surface area contributed by atoms with Crippen LogP contribution in [0, 0.1) is 11.6 Å². The number of hydrogen-bond donors (Lipinski definition) is 4. The van der Waals surface area contributed by atoms with Crippen molar-refractivity contribution >= 4 is 18.0 Å². The van der Waals surface area contributed by atoms with Crippen molar-refractivity contribution in [2.45, 2.75) is 38.5 Å². The van der Waals surface area contributed by atoms with Crippen molar-refractivity contribution in [2.75, 3.05) is 11.9 Å². The van der Waals surface area contributed by atoms with E-state index in [1.165, 1.54) is 23.8 Å². The minimum Gasteiger partial charge on any atom is -0.390 e. The number of amides is 2. The number of aryl methyl sites for hydroxylation is 1. The number of carbonyl (C=O) groups is 2. The van der Waals surface area contributed by atoms with Crippen molar-refractivity contribution in [1.29, 1.82) is 0 Å². The highest BCUT2D eigenvalue weighted by Gasteiger charge is 2.24. The van der Waals surface area contributed by atoms with Gasteiger partial charge in [-0.15, -0.1) is 0 Å². The highest BCUT2D eigenvalue weighted by molar-refractivity contribution is 6.01. The standard InChI is InChI=1S/C27H29F2N3O3/c1-2-18-6-5-7-19(10-18)15-30-16-26(34)25(13-20-11-21(28)14-22(29)12-20)32-27(35)23-8-3-4-9-24(23)31-17-33/h3-12,14,17,25-26,30,34H,2,13,15-16H2,1H3,(H,31,33)(H,32,35). The summed E-state index contributed by atoms with van der Waals surface area (Å²) in [5.74, 6) is -2.02. The smallest absolute Gasteiger partial charge is 0.253 e. The van der Waals surface area contributed by atoms with E-state index in [-0.39, 0.29) is 18.5 Å². The lowest BCUT2D eigenvalue weighted by Gasteiger charge is -2.25. The van der Waals surface area contributed by atoms with Crippen LogP contribution in [0.4, 0.5) is 14.5 Å². The van der Waals surface area contributed by atoms with Gasteiger partial charge in [0.25, 0.3) is 5.91 Å². The van der Waals surface area contributed by atoms with E-state index in [1.807, 2.05) is 18.2 Å². The monoisotopic (exact) mass is 481 g/mol. The fourth-order valence-electron chi connectivity index (χ4n) is 3.85. The first-order valence-corrected chi connectivity index (χ1v) is 11.4. The quantitative estimate of drug-likeness (QED) is 0.298. The second-order valence-corrected chi connectivity index (χ2v) is 8.24. The fourth-order valence-corrected chi connectivity index (χ4v) is 3.85. The molecule has 0 heterocycles. The van der Waals surface area contributed by atoms with Crippen LogP contribution in [-0.2, 0) is 24.2 Å². The Morgan fingerprint density at radius 1 is 0.971 bits per heavy atom. The van der Waals surface area contributed by atoms with Gasteiger partial charge < -0.3 is 21.1 Å². The average molecular weight is 482 g/mol. The molecule has 0 saturated carbocycles. The Morgan fingerprint density at radius 2 is 1.69 bits per heavy atom. The molecule has 3 rings (SSSR count). The molecule has 4 N–H and O–H groups in total. The van der Waals surface area contributed by atoms with Gasteiger partial charge in [-0.1, -0.05) is 43.3 Å². The summed E-state index contributed by atoms with van der Waals surface area (Å²) in [4.78, 5) is 23.9. The predicted molar refractivity (Wildman–Crippen MR) is 131 cm³/mol. The van der Waals surface area contributed by atoms with Gasteiger partial charge in [-0.05, 0) is 53.8 Å². The number of hydrogen-bond acceptors (Lipinski definition) is 4. The first-order valence-electron chi connectivity index (χ1n) is 11.4. The van der Waals surface area contributed by atoms with E-state index in [9.17, 15) is 23.5 Å². The molecule has 3 aromatic carbocycles. The predicted octanol–water partition coefficient (Wildman–Crippen LogP) is 3.59. The Kier molecular flexibility index (Phi) is 9.46.